The number of rotatable bonds is 4. The van der Waals surface area contributed by atoms with Crippen LogP contribution in [0.4, 0.5) is 4.39 Å². The van der Waals surface area contributed by atoms with Crippen LogP contribution in [0.2, 0.25) is 0 Å². The van der Waals surface area contributed by atoms with Gasteiger partial charge in [-0.15, -0.1) is 0 Å². The van der Waals surface area contributed by atoms with Gasteiger partial charge in [0.2, 0.25) is 0 Å². The number of hydrogen-bond acceptors (Lipinski definition) is 3. The molecule has 108 valence electrons. The average molecular weight is 279 g/mol. The van der Waals surface area contributed by atoms with Crippen LogP contribution in [-0.2, 0) is 4.74 Å². The summed E-state index contributed by atoms with van der Waals surface area (Å²) < 4.78 is 18.9. The van der Waals surface area contributed by atoms with Crippen molar-refractivity contribution in [3.8, 4) is 11.8 Å². The highest BCUT2D eigenvalue weighted by molar-refractivity contribution is 5.95. The zero-order valence-electron chi connectivity index (χ0n) is 11.8. The van der Waals surface area contributed by atoms with E-state index in [1.807, 2.05) is 0 Å². The number of methoxy groups -OCH3 is 1. The van der Waals surface area contributed by atoms with E-state index < -0.39 is 17.3 Å². The van der Waals surface area contributed by atoms with Gasteiger partial charge in [-0.25, -0.2) is 4.39 Å². The zero-order chi connectivity index (χ0) is 15.2. The fourth-order valence-electron chi connectivity index (χ4n) is 1.69. The first-order chi connectivity index (χ1) is 9.39. The first-order valence-corrected chi connectivity index (χ1v) is 6.10. The Kier molecular flexibility index (Phi) is 5.68. The summed E-state index contributed by atoms with van der Waals surface area (Å²) >= 11 is 0. The molecule has 20 heavy (non-hydrogen) atoms. The van der Waals surface area contributed by atoms with Crippen molar-refractivity contribution in [2.45, 2.75) is 19.4 Å². The van der Waals surface area contributed by atoms with Crippen molar-refractivity contribution in [2.24, 2.45) is 0 Å². The van der Waals surface area contributed by atoms with E-state index in [0.29, 0.717) is 12.2 Å². The number of nitrogens with one attached hydrogen (secondary N) is 1. The van der Waals surface area contributed by atoms with Crippen molar-refractivity contribution in [1.82, 2.24) is 5.32 Å². The second-order valence-corrected chi connectivity index (χ2v) is 4.93. The molecular weight excluding hydrogens is 261 g/mol. The molecule has 0 aliphatic heterocycles. The molecule has 0 atom stereocenters. The molecule has 0 radical (unpaired) electrons. The Bertz CT molecular complexity index is 544. The number of ether oxygens (including phenoxy) is 1. The molecule has 1 aromatic rings. The van der Waals surface area contributed by atoms with Crippen LogP contribution in [0.15, 0.2) is 18.2 Å². The fourth-order valence-corrected chi connectivity index (χ4v) is 1.69. The normalized spacial score (nSPS) is 10.7. The molecular formula is C15H18FNO3. The van der Waals surface area contributed by atoms with Crippen LogP contribution in [0.5, 0.6) is 0 Å². The molecule has 0 unspecified atom stereocenters. The minimum Gasteiger partial charge on any atom is -0.384 e. The van der Waals surface area contributed by atoms with Crippen molar-refractivity contribution in [3.63, 3.8) is 0 Å². The molecule has 0 aliphatic carbocycles. The molecule has 1 aromatic carbocycles. The number of benzene rings is 1. The molecule has 1 amide bonds. The molecule has 0 bridgehead atoms. The molecule has 0 spiro atoms. The molecule has 0 aromatic heterocycles. The van der Waals surface area contributed by atoms with Crippen molar-refractivity contribution in [1.29, 1.82) is 0 Å². The molecule has 0 saturated heterocycles. The number of amides is 1. The third kappa shape index (κ3) is 4.65. The van der Waals surface area contributed by atoms with E-state index in [1.54, 1.807) is 13.8 Å². The molecule has 1 rings (SSSR count). The van der Waals surface area contributed by atoms with Gasteiger partial charge in [-0.05, 0) is 32.0 Å². The number of hydrogen-bond donors (Lipinski definition) is 2. The van der Waals surface area contributed by atoms with Gasteiger partial charge in [-0.3, -0.25) is 4.79 Å². The average Bonchev–Trinajstić information content (AvgIpc) is 2.35. The highest BCUT2D eigenvalue weighted by atomic mass is 19.1. The van der Waals surface area contributed by atoms with Crippen LogP contribution in [0.3, 0.4) is 0 Å². The van der Waals surface area contributed by atoms with Crippen LogP contribution < -0.4 is 5.32 Å². The van der Waals surface area contributed by atoms with Gasteiger partial charge in [0.25, 0.3) is 5.91 Å². The topological polar surface area (TPSA) is 58.6 Å². The Morgan fingerprint density at radius 3 is 2.75 bits per heavy atom. The molecule has 0 fully saturated rings. The maximum Gasteiger partial charge on any atom is 0.254 e. The van der Waals surface area contributed by atoms with E-state index in [-0.39, 0.29) is 12.2 Å². The lowest BCUT2D eigenvalue weighted by Gasteiger charge is -2.25. The Morgan fingerprint density at radius 1 is 1.50 bits per heavy atom. The monoisotopic (exact) mass is 279 g/mol. The number of aliphatic hydroxyl groups is 1. The molecule has 0 saturated carbocycles. The van der Waals surface area contributed by atoms with Crippen LogP contribution in [0.25, 0.3) is 0 Å². The summed E-state index contributed by atoms with van der Waals surface area (Å²) in [5.41, 5.74) is -0.235. The van der Waals surface area contributed by atoms with Gasteiger partial charge < -0.3 is 15.2 Å². The van der Waals surface area contributed by atoms with E-state index >= 15 is 0 Å². The largest absolute Gasteiger partial charge is 0.384 e. The second kappa shape index (κ2) is 7.04. The minimum absolute atomic E-state index is 0.0521. The summed E-state index contributed by atoms with van der Waals surface area (Å²) in [4.78, 5) is 12.0. The minimum atomic E-state index is -0.652. The van der Waals surface area contributed by atoms with Gasteiger partial charge in [0, 0.05) is 12.7 Å². The van der Waals surface area contributed by atoms with Gasteiger partial charge in [0.1, 0.15) is 12.4 Å². The van der Waals surface area contributed by atoms with E-state index in [2.05, 4.69) is 17.2 Å². The predicted octanol–water partition coefficient (Wildman–Crippen LogP) is 1.32. The van der Waals surface area contributed by atoms with E-state index in [4.69, 9.17) is 9.84 Å². The van der Waals surface area contributed by atoms with Crippen molar-refractivity contribution in [3.05, 3.63) is 35.1 Å². The van der Waals surface area contributed by atoms with Crippen LogP contribution >= 0.6 is 0 Å². The Labute approximate surface area is 117 Å². The lowest BCUT2D eigenvalue weighted by molar-refractivity contribution is 0.0816. The van der Waals surface area contributed by atoms with Crippen LogP contribution in [0, 0.1) is 17.7 Å². The Morgan fingerprint density at radius 2 is 2.20 bits per heavy atom. The van der Waals surface area contributed by atoms with Crippen LogP contribution in [-0.4, -0.2) is 36.9 Å². The summed E-state index contributed by atoms with van der Waals surface area (Å²) in [5.74, 6) is 3.83. The number of carbonyl (C=O) groups is 1. The van der Waals surface area contributed by atoms with E-state index in [9.17, 15) is 9.18 Å². The lowest BCUT2D eigenvalue weighted by Crippen LogP contribution is -2.47. The fraction of sp³-hybridized carbons (Fsp3) is 0.400. The van der Waals surface area contributed by atoms with Crippen molar-refractivity contribution in [2.75, 3.05) is 20.3 Å². The Hall–Kier alpha value is -1.90. The first-order valence-electron chi connectivity index (χ1n) is 6.10. The maximum atomic E-state index is 13.9. The number of aliphatic hydroxyl groups excluding tert-OH is 1. The second-order valence-electron chi connectivity index (χ2n) is 4.93. The van der Waals surface area contributed by atoms with Gasteiger partial charge >= 0.3 is 0 Å². The summed E-state index contributed by atoms with van der Waals surface area (Å²) in [6.07, 6.45) is 0. The van der Waals surface area contributed by atoms with Crippen LogP contribution in [0.1, 0.15) is 29.8 Å². The zero-order valence-corrected chi connectivity index (χ0v) is 11.8. The van der Waals surface area contributed by atoms with Gasteiger partial charge in [0.05, 0.1) is 17.7 Å². The van der Waals surface area contributed by atoms with Crippen molar-refractivity contribution >= 4 is 5.91 Å². The van der Waals surface area contributed by atoms with Gasteiger partial charge in [-0.1, -0.05) is 11.8 Å². The number of halogens is 1. The third-order valence-corrected chi connectivity index (χ3v) is 2.48. The summed E-state index contributed by atoms with van der Waals surface area (Å²) in [6.45, 7) is 3.59. The molecule has 4 nitrogen and oxygen atoms in total. The highest BCUT2D eigenvalue weighted by Crippen LogP contribution is 2.12. The SMILES string of the molecule is COCC(C)(C)NC(=O)c1ccc(C#CCO)cc1F. The van der Waals surface area contributed by atoms with Crippen molar-refractivity contribution < 1.29 is 19.0 Å². The summed E-state index contributed by atoms with van der Waals surface area (Å²) in [7, 11) is 1.53. The molecule has 0 aliphatic rings. The quantitative estimate of drug-likeness (QED) is 0.817. The van der Waals surface area contributed by atoms with E-state index in [0.717, 1.165) is 0 Å². The standard InChI is InChI=1S/C15H18FNO3/c1-15(2,10-20-3)17-14(19)12-7-6-11(5-4-8-18)9-13(12)16/h6-7,9,18H,8,10H2,1-3H3,(H,17,19). The third-order valence-electron chi connectivity index (χ3n) is 2.48. The van der Waals surface area contributed by atoms with E-state index in [1.165, 1.54) is 25.3 Å². The lowest BCUT2D eigenvalue weighted by atomic mass is 10.0. The molecule has 0 heterocycles. The Balaban J connectivity index is 2.89. The molecule has 5 heteroatoms. The summed E-state index contributed by atoms with van der Waals surface area (Å²) in [5, 5.41) is 11.3. The first kappa shape index (κ1) is 16.2. The summed E-state index contributed by atoms with van der Waals surface area (Å²) in [6, 6.07) is 4.07. The maximum absolute atomic E-state index is 13.9. The molecule has 2 N–H and O–H groups in total. The number of carbonyl (C=O) groups excluding carboxylic acids is 1. The van der Waals surface area contributed by atoms with Gasteiger partial charge in [0.15, 0.2) is 0 Å². The predicted molar refractivity (Wildman–Crippen MR) is 73.8 cm³/mol. The highest BCUT2D eigenvalue weighted by Gasteiger charge is 2.22. The van der Waals surface area contributed by atoms with Gasteiger partial charge in [-0.2, -0.15) is 0 Å². The smallest absolute Gasteiger partial charge is 0.254 e.